The van der Waals surface area contributed by atoms with Gasteiger partial charge < -0.3 is 10.4 Å². The van der Waals surface area contributed by atoms with Crippen LogP contribution in [0.4, 0.5) is 5.69 Å². The van der Waals surface area contributed by atoms with Gasteiger partial charge in [0.05, 0.1) is 6.54 Å². The highest BCUT2D eigenvalue weighted by Crippen LogP contribution is 2.12. The van der Waals surface area contributed by atoms with Gasteiger partial charge >= 0.3 is 0 Å². The Morgan fingerprint density at radius 1 is 1.53 bits per heavy atom. The number of aliphatic hydroxyl groups excluding tert-OH is 1. The van der Waals surface area contributed by atoms with Gasteiger partial charge in [-0.2, -0.15) is 0 Å². The van der Waals surface area contributed by atoms with E-state index in [-0.39, 0.29) is 5.78 Å². The van der Waals surface area contributed by atoms with Crippen molar-refractivity contribution in [1.82, 2.24) is 0 Å². The maximum absolute atomic E-state index is 11.3. The van der Waals surface area contributed by atoms with E-state index in [2.05, 4.69) is 20.5 Å². The van der Waals surface area contributed by atoms with E-state index < -0.39 is 5.85 Å². The molecule has 1 aromatic rings. The monoisotopic (exact) mass is 221 g/mol. The Morgan fingerprint density at radius 2 is 2.13 bits per heavy atom. The molecule has 0 amide bonds. The summed E-state index contributed by atoms with van der Waals surface area (Å²) < 4.78 is 0. The van der Waals surface area contributed by atoms with E-state index >= 15 is 0 Å². The van der Waals surface area contributed by atoms with Crippen LogP contribution in [0.25, 0.3) is 0 Å². The van der Waals surface area contributed by atoms with Crippen molar-refractivity contribution in [2.24, 2.45) is 0 Å². The van der Waals surface area contributed by atoms with E-state index in [9.17, 15) is 4.79 Å². The number of carbonyl (C=O) groups is 1. The number of hydrogen-bond donors (Lipinski definition) is 2. The van der Waals surface area contributed by atoms with Crippen molar-refractivity contribution < 1.29 is 9.90 Å². The van der Waals surface area contributed by atoms with Crippen LogP contribution in [0.5, 0.6) is 0 Å². The van der Waals surface area contributed by atoms with Crippen LogP contribution in [0.3, 0.4) is 0 Å². The van der Waals surface area contributed by atoms with Gasteiger partial charge in [-0.25, -0.2) is 0 Å². The second-order valence-corrected chi connectivity index (χ2v) is 3.58. The molecule has 0 heterocycles. The van der Waals surface area contributed by atoms with Crippen LogP contribution in [0, 0.1) is 12.3 Å². The van der Waals surface area contributed by atoms with E-state index in [4.69, 9.17) is 11.5 Å². The molecule has 2 N–H and O–H groups in total. The molecule has 0 fully saturated rings. The predicted octanol–water partition coefficient (Wildman–Crippen LogP) is 1.11. The molecule has 1 rings (SSSR count). The highest BCUT2D eigenvalue weighted by atomic mass is 31.0. The molecular formula is C11H12NO2P. The predicted molar refractivity (Wildman–Crippen MR) is 63.8 cm³/mol. The molecule has 2 atom stereocenters. The van der Waals surface area contributed by atoms with Crippen molar-refractivity contribution in [2.45, 2.75) is 5.85 Å². The minimum atomic E-state index is -1.05. The van der Waals surface area contributed by atoms with E-state index in [0.29, 0.717) is 12.1 Å². The van der Waals surface area contributed by atoms with Gasteiger partial charge in [-0.05, 0) is 24.3 Å². The lowest BCUT2D eigenvalue weighted by Gasteiger charge is -2.05. The van der Waals surface area contributed by atoms with Gasteiger partial charge in [0, 0.05) is 11.3 Å². The van der Waals surface area contributed by atoms with Crippen molar-refractivity contribution >= 4 is 20.7 Å². The number of benzene rings is 1. The third-order valence-corrected chi connectivity index (χ3v) is 2.14. The maximum atomic E-state index is 11.3. The number of ketones is 1. The third-order valence-electron chi connectivity index (χ3n) is 1.83. The molecule has 0 aromatic heterocycles. The summed E-state index contributed by atoms with van der Waals surface area (Å²) >= 11 is 0. The van der Waals surface area contributed by atoms with Crippen molar-refractivity contribution in [3.8, 4) is 12.3 Å². The number of carbonyl (C=O) groups excluding carboxylic acids is 1. The lowest BCUT2D eigenvalue weighted by atomic mass is 10.1. The Bertz CT molecular complexity index is 379. The van der Waals surface area contributed by atoms with Gasteiger partial charge in [0.1, 0.15) is 5.85 Å². The first-order valence-corrected chi connectivity index (χ1v) is 5.07. The van der Waals surface area contributed by atoms with Gasteiger partial charge in [-0.3, -0.25) is 4.79 Å². The summed E-state index contributed by atoms with van der Waals surface area (Å²) in [6, 6.07) is 6.79. The number of hydrogen-bond acceptors (Lipinski definition) is 3. The smallest absolute Gasteiger partial charge is 0.194 e. The van der Waals surface area contributed by atoms with Gasteiger partial charge in [-0.1, -0.05) is 15.2 Å². The SMILES string of the molecule is C#CCNc1ccc(C(=O)C(O)P)cc1. The average Bonchev–Trinajstić information content (AvgIpc) is 2.26. The fourth-order valence-corrected chi connectivity index (χ4v) is 1.27. The minimum absolute atomic E-state index is 0.316. The molecular weight excluding hydrogens is 209 g/mol. The summed E-state index contributed by atoms with van der Waals surface area (Å²) in [7, 11) is 2.05. The quantitative estimate of drug-likeness (QED) is 0.455. The van der Waals surface area contributed by atoms with Gasteiger partial charge in [-0.15, -0.1) is 6.42 Å². The van der Waals surface area contributed by atoms with Crippen molar-refractivity contribution in [2.75, 3.05) is 11.9 Å². The molecule has 1 aromatic carbocycles. The van der Waals surface area contributed by atoms with Crippen LogP contribution in [0.2, 0.25) is 0 Å². The second-order valence-electron chi connectivity index (χ2n) is 2.94. The van der Waals surface area contributed by atoms with E-state index in [0.717, 1.165) is 5.69 Å². The van der Waals surface area contributed by atoms with Crippen LogP contribution in [0.15, 0.2) is 24.3 Å². The second kappa shape index (κ2) is 5.50. The maximum Gasteiger partial charge on any atom is 0.194 e. The third kappa shape index (κ3) is 3.36. The molecule has 2 unspecified atom stereocenters. The van der Waals surface area contributed by atoms with Crippen LogP contribution in [-0.2, 0) is 0 Å². The fraction of sp³-hybridized carbons (Fsp3) is 0.182. The number of anilines is 1. The molecule has 78 valence electrons. The molecule has 3 nitrogen and oxygen atoms in total. The normalized spacial score (nSPS) is 11.5. The number of aliphatic hydroxyl groups is 1. The lowest BCUT2D eigenvalue weighted by molar-refractivity contribution is 0.0867. The summed E-state index contributed by atoms with van der Waals surface area (Å²) in [6.45, 7) is 0.444. The summed E-state index contributed by atoms with van der Waals surface area (Å²) in [5.41, 5.74) is 1.33. The topological polar surface area (TPSA) is 49.3 Å². The number of rotatable bonds is 4. The molecule has 0 aliphatic rings. The first-order chi connectivity index (χ1) is 7.15. The van der Waals surface area contributed by atoms with Crippen LogP contribution in [0.1, 0.15) is 10.4 Å². The van der Waals surface area contributed by atoms with Crippen LogP contribution < -0.4 is 5.32 Å². The summed E-state index contributed by atoms with van der Waals surface area (Å²) in [5, 5.41) is 12.0. The van der Waals surface area contributed by atoms with Gasteiger partial charge in [0.25, 0.3) is 0 Å². The Kier molecular flexibility index (Phi) is 4.30. The molecule has 4 heteroatoms. The van der Waals surface area contributed by atoms with Crippen molar-refractivity contribution in [1.29, 1.82) is 0 Å². The summed E-state index contributed by atoms with van der Waals surface area (Å²) in [6.07, 6.45) is 5.09. The lowest BCUT2D eigenvalue weighted by Crippen LogP contribution is -2.12. The number of nitrogens with one attached hydrogen (secondary N) is 1. The zero-order chi connectivity index (χ0) is 11.3. The molecule has 0 aliphatic carbocycles. The van der Waals surface area contributed by atoms with Gasteiger partial charge in [0.15, 0.2) is 5.78 Å². The Hall–Kier alpha value is -1.36. The van der Waals surface area contributed by atoms with Crippen molar-refractivity contribution in [3.63, 3.8) is 0 Å². The molecule has 0 radical (unpaired) electrons. The minimum Gasteiger partial charge on any atom is -0.381 e. The molecule has 0 bridgehead atoms. The Morgan fingerprint density at radius 3 is 2.60 bits per heavy atom. The highest BCUT2D eigenvalue weighted by molar-refractivity contribution is 7.19. The zero-order valence-corrected chi connectivity index (χ0v) is 9.26. The molecule has 0 saturated carbocycles. The Labute approximate surface area is 91.1 Å². The van der Waals surface area contributed by atoms with Crippen LogP contribution >= 0.6 is 9.24 Å². The largest absolute Gasteiger partial charge is 0.381 e. The highest BCUT2D eigenvalue weighted by Gasteiger charge is 2.11. The molecule has 15 heavy (non-hydrogen) atoms. The molecule has 0 spiro atoms. The number of Topliss-reactive ketones (excluding diaryl/α,β-unsaturated/α-hetero) is 1. The van der Waals surface area contributed by atoms with E-state index in [1.807, 2.05) is 0 Å². The fourth-order valence-electron chi connectivity index (χ4n) is 1.08. The van der Waals surface area contributed by atoms with Crippen molar-refractivity contribution in [3.05, 3.63) is 29.8 Å². The summed E-state index contributed by atoms with van der Waals surface area (Å²) in [4.78, 5) is 11.3. The zero-order valence-electron chi connectivity index (χ0n) is 8.10. The molecule has 0 saturated heterocycles. The average molecular weight is 221 g/mol. The summed E-state index contributed by atoms with van der Waals surface area (Å²) in [5.74, 6) is 1.09. The van der Waals surface area contributed by atoms with E-state index in [1.165, 1.54) is 0 Å². The first kappa shape index (κ1) is 11.7. The number of terminal acetylenes is 1. The van der Waals surface area contributed by atoms with Crippen LogP contribution in [-0.4, -0.2) is 23.3 Å². The molecule has 0 aliphatic heterocycles. The Balaban J connectivity index is 2.73. The first-order valence-electron chi connectivity index (χ1n) is 4.40. The van der Waals surface area contributed by atoms with Gasteiger partial charge in [0.2, 0.25) is 0 Å². The van der Waals surface area contributed by atoms with E-state index in [1.54, 1.807) is 24.3 Å². The standard InChI is InChI=1S/C11H12NO2P/c1-2-7-12-9-5-3-8(4-6-9)10(13)11(14)15/h1,3-6,11-12,14H,7,15H2.